The van der Waals surface area contributed by atoms with Gasteiger partial charge in [-0.05, 0) is 74.1 Å². The molecule has 0 aliphatic rings. The lowest BCUT2D eigenvalue weighted by molar-refractivity contribution is -0.139. The summed E-state index contributed by atoms with van der Waals surface area (Å²) in [4.78, 5) is 25.6. The molecular formula is C33H53F4NO9. The van der Waals surface area contributed by atoms with E-state index in [-0.39, 0.29) is 36.9 Å². The number of hydrogen-bond donors (Lipinski definition) is 1. The second-order valence-corrected chi connectivity index (χ2v) is 13.3. The standard InChI is InChI=1S/C33H53F4NO9/c1-11-33(8,46-19-14-31(4,5)42-10)15-16-43-21-24(28(39)47-27-25(36)22(34)20-23(35)26(27)37)38-29(40)44-17-12-32(6,7)45-18-13-30(2,3)41-9/h20,24H,11-19,21H2,1-10H3,(H,38,40)/t24-,33?/m0/s1. The van der Waals surface area contributed by atoms with Crippen molar-refractivity contribution in [3.63, 3.8) is 0 Å². The molecule has 0 saturated heterocycles. The summed E-state index contributed by atoms with van der Waals surface area (Å²) in [6.45, 7) is 15.4. The van der Waals surface area contributed by atoms with E-state index in [0.29, 0.717) is 38.9 Å². The first kappa shape index (κ1) is 42.5. The zero-order valence-electron chi connectivity index (χ0n) is 29.4. The molecule has 1 unspecified atom stereocenters. The Labute approximate surface area is 276 Å². The fraction of sp³-hybridized carbons (Fsp3) is 0.758. The molecule has 0 fully saturated rings. The molecule has 0 aliphatic heterocycles. The van der Waals surface area contributed by atoms with E-state index in [4.69, 9.17) is 28.4 Å². The van der Waals surface area contributed by atoms with E-state index in [1.807, 2.05) is 55.4 Å². The lowest BCUT2D eigenvalue weighted by Gasteiger charge is -2.31. The topological polar surface area (TPSA) is 111 Å². The van der Waals surface area contributed by atoms with Crippen molar-refractivity contribution in [1.82, 2.24) is 5.32 Å². The first-order valence-electron chi connectivity index (χ1n) is 15.6. The van der Waals surface area contributed by atoms with Gasteiger partial charge < -0.3 is 38.5 Å². The van der Waals surface area contributed by atoms with Crippen molar-refractivity contribution in [2.75, 3.05) is 47.3 Å². The van der Waals surface area contributed by atoms with Gasteiger partial charge in [-0.3, -0.25) is 0 Å². The van der Waals surface area contributed by atoms with Crippen LogP contribution in [0, 0.1) is 23.3 Å². The van der Waals surface area contributed by atoms with E-state index in [2.05, 4.69) is 10.1 Å². The van der Waals surface area contributed by atoms with Crippen molar-refractivity contribution in [3.05, 3.63) is 29.3 Å². The number of carbonyl (C=O) groups excluding carboxylic acids is 2. The number of alkyl carbamates (subject to hydrolysis) is 1. The highest BCUT2D eigenvalue weighted by Gasteiger charge is 2.31. The number of hydrogen-bond acceptors (Lipinski definition) is 9. The number of nitrogens with one attached hydrogen (secondary N) is 1. The molecule has 2 atom stereocenters. The van der Waals surface area contributed by atoms with Crippen molar-refractivity contribution in [1.29, 1.82) is 0 Å². The predicted molar refractivity (Wildman–Crippen MR) is 166 cm³/mol. The molecule has 272 valence electrons. The van der Waals surface area contributed by atoms with Crippen molar-refractivity contribution < 1.29 is 60.3 Å². The highest BCUT2D eigenvalue weighted by molar-refractivity contribution is 5.83. The number of carbonyl (C=O) groups is 2. The molecule has 47 heavy (non-hydrogen) atoms. The molecule has 0 saturated carbocycles. The second-order valence-electron chi connectivity index (χ2n) is 13.3. The van der Waals surface area contributed by atoms with Gasteiger partial charge in [-0.2, -0.15) is 8.78 Å². The molecule has 0 aromatic heterocycles. The lowest BCUT2D eigenvalue weighted by atomic mass is 9.99. The highest BCUT2D eigenvalue weighted by Crippen LogP contribution is 2.27. The van der Waals surface area contributed by atoms with Crippen LogP contribution in [0.1, 0.15) is 87.5 Å². The van der Waals surface area contributed by atoms with E-state index >= 15 is 0 Å². The minimum atomic E-state index is -1.91. The van der Waals surface area contributed by atoms with Crippen LogP contribution in [0.25, 0.3) is 0 Å². The fourth-order valence-corrected chi connectivity index (χ4v) is 3.79. The average Bonchev–Trinajstić information content (AvgIpc) is 2.99. The van der Waals surface area contributed by atoms with Crippen LogP contribution in [-0.4, -0.2) is 87.8 Å². The van der Waals surface area contributed by atoms with E-state index in [1.54, 1.807) is 14.2 Å². The van der Waals surface area contributed by atoms with Gasteiger partial charge in [-0.25, -0.2) is 18.4 Å². The van der Waals surface area contributed by atoms with Gasteiger partial charge in [0, 0.05) is 33.3 Å². The number of benzene rings is 1. The Kier molecular flexibility index (Phi) is 17.1. The quantitative estimate of drug-likeness (QED) is 0.0472. The van der Waals surface area contributed by atoms with Gasteiger partial charge in [0.1, 0.15) is 0 Å². The van der Waals surface area contributed by atoms with Gasteiger partial charge in [0.15, 0.2) is 17.7 Å². The molecule has 10 nitrogen and oxygen atoms in total. The Balaban J connectivity index is 2.88. The summed E-state index contributed by atoms with van der Waals surface area (Å²) < 4.78 is 94.1. The third-order valence-electron chi connectivity index (χ3n) is 8.05. The first-order valence-corrected chi connectivity index (χ1v) is 15.6. The average molecular weight is 684 g/mol. The molecule has 1 N–H and O–H groups in total. The van der Waals surface area contributed by atoms with Crippen molar-refractivity contribution in [2.45, 2.75) is 116 Å². The van der Waals surface area contributed by atoms with Crippen molar-refractivity contribution in [3.8, 4) is 5.75 Å². The maximum Gasteiger partial charge on any atom is 0.407 e. The predicted octanol–water partition coefficient (Wildman–Crippen LogP) is 6.65. The fourth-order valence-electron chi connectivity index (χ4n) is 3.79. The minimum Gasteiger partial charge on any atom is -0.449 e. The molecule has 0 aliphatic carbocycles. The monoisotopic (exact) mass is 683 g/mol. The maximum absolute atomic E-state index is 14.2. The van der Waals surface area contributed by atoms with Crippen LogP contribution < -0.4 is 10.1 Å². The number of amides is 1. The molecule has 1 amide bonds. The third kappa shape index (κ3) is 15.5. The molecular weight excluding hydrogens is 630 g/mol. The zero-order chi connectivity index (χ0) is 36.1. The molecule has 14 heteroatoms. The Bertz CT molecular complexity index is 1120. The lowest BCUT2D eigenvalue weighted by Crippen LogP contribution is -2.47. The zero-order valence-corrected chi connectivity index (χ0v) is 29.4. The minimum absolute atomic E-state index is 0.0229. The number of methoxy groups -OCH3 is 2. The van der Waals surface area contributed by atoms with Crippen LogP contribution in [0.2, 0.25) is 0 Å². The largest absolute Gasteiger partial charge is 0.449 e. The summed E-state index contributed by atoms with van der Waals surface area (Å²) >= 11 is 0. The van der Waals surface area contributed by atoms with Gasteiger partial charge in [-0.15, -0.1) is 0 Å². The molecule has 0 heterocycles. The summed E-state index contributed by atoms with van der Waals surface area (Å²) in [5.41, 5.74) is -2.00. The summed E-state index contributed by atoms with van der Waals surface area (Å²) in [5, 5.41) is 2.24. The van der Waals surface area contributed by atoms with Crippen LogP contribution >= 0.6 is 0 Å². The van der Waals surface area contributed by atoms with E-state index in [9.17, 15) is 27.2 Å². The molecule has 0 radical (unpaired) electrons. The Morgan fingerprint density at radius 1 is 0.745 bits per heavy atom. The Morgan fingerprint density at radius 3 is 1.77 bits per heavy atom. The van der Waals surface area contributed by atoms with Gasteiger partial charge >= 0.3 is 12.1 Å². The summed E-state index contributed by atoms with van der Waals surface area (Å²) in [6, 6.07) is -1.69. The van der Waals surface area contributed by atoms with E-state index in [1.165, 1.54) is 0 Å². The molecule has 1 rings (SSSR count). The number of esters is 1. The SMILES string of the molecule is CCC(C)(CCOC[C@H](NC(=O)OCCC(C)(C)OCCC(C)(C)OC)C(=O)Oc1c(F)c(F)cc(F)c1F)OCCC(C)(C)OC. The normalized spacial score (nSPS) is 14.4. The summed E-state index contributed by atoms with van der Waals surface area (Å²) in [7, 11) is 3.23. The first-order chi connectivity index (χ1) is 21.7. The van der Waals surface area contributed by atoms with Gasteiger partial charge in [-0.1, -0.05) is 6.92 Å². The maximum atomic E-state index is 14.2. The summed E-state index contributed by atoms with van der Waals surface area (Å²) in [5.74, 6) is -10.4. The smallest absolute Gasteiger partial charge is 0.407 e. The number of ether oxygens (including phenoxy) is 7. The molecule has 1 aromatic carbocycles. The van der Waals surface area contributed by atoms with E-state index in [0.717, 1.165) is 0 Å². The Hall–Kier alpha value is -2.52. The van der Waals surface area contributed by atoms with Gasteiger partial charge in [0.25, 0.3) is 0 Å². The van der Waals surface area contributed by atoms with Crippen LogP contribution in [0.3, 0.4) is 0 Å². The van der Waals surface area contributed by atoms with Gasteiger partial charge in [0.05, 0.1) is 48.8 Å². The third-order valence-corrected chi connectivity index (χ3v) is 8.05. The van der Waals surface area contributed by atoms with Crippen molar-refractivity contribution >= 4 is 12.1 Å². The molecule has 0 bridgehead atoms. The molecule has 0 spiro atoms. The van der Waals surface area contributed by atoms with Crippen molar-refractivity contribution in [2.24, 2.45) is 0 Å². The van der Waals surface area contributed by atoms with Crippen LogP contribution in [-0.2, 0) is 33.2 Å². The van der Waals surface area contributed by atoms with Crippen LogP contribution in [0.4, 0.5) is 22.4 Å². The second kappa shape index (κ2) is 18.9. The summed E-state index contributed by atoms with van der Waals surface area (Å²) in [6.07, 6.45) is 1.51. The molecule has 1 aromatic rings. The number of halogens is 4. The highest BCUT2D eigenvalue weighted by atomic mass is 19.2. The number of rotatable bonds is 22. The Morgan fingerprint density at radius 2 is 1.26 bits per heavy atom. The van der Waals surface area contributed by atoms with E-state index < -0.39 is 64.9 Å². The van der Waals surface area contributed by atoms with Crippen LogP contribution in [0.15, 0.2) is 6.07 Å². The van der Waals surface area contributed by atoms with Gasteiger partial charge in [0.2, 0.25) is 17.4 Å². The van der Waals surface area contributed by atoms with Crippen LogP contribution in [0.5, 0.6) is 5.75 Å².